The van der Waals surface area contributed by atoms with Crippen molar-refractivity contribution in [2.75, 3.05) is 6.61 Å². The number of carbonyl (C=O) groups is 1. The third kappa shape index (κ3) is 2.80. The van der Waals surface area contributed by atoms with E-state index < -0.39 is 5.97 Å². The molecule has 4 heteroatoms. The molecular weight excluding hydrogens is 184 g/mol. The van der Waals surface area contributed by atoms with Gasteiger partial charge in [-0.05, 0) is 6.42 Å². The van der Waals surface area contributed by atoms with Gasteiger partial charge in [0.2, 0.25) is 0 Å². The van der Waals surface area contributed by atoms with Gasteiger partial charge in [0.1, 0.15) is 0 Å². The van der Waals surface area contributed by atoms with Crippen LogP contribution in [0.2, 0.25) is 0 Å². The number of hydrogen-bond acceptors (Lipinski definition) is 3. The van der Waals surface area contributed by atoms with Gasteiger partial charge in [0.05, 0.1) is 12.9 Å². The number of rotatable bonds is 6. The van der Waals surface area contributed by atoms with E-state index in [4.69, 9.17) is 14.3 Å². The molecule has 14 heavy (non-hydrogen) atoms. The van der Waals surface area contributed by atoms with Crippen LogP contribution in [0.4, 0.5) is 0 Å². The summed E-state index contributed by atoms with van der Waals surface area (Å²) in [6.45, 7) is 2.63. The second-order valence-electron chi connectivity index (χ2n) is 2.97. The summed E-state index contributed by atoms with van der Waals surface area (Å²) < 4.78 is 10.0. The van der Waals surface area contributed by atoms with Crippen LogP contribution in [-0.4, -0.2) is 17.7 Å². The zero-order valence-corrected chi connectivity index (χ0v) is 8.16. The predicted molar refractivity (Wildman–Crippen MR) is 50.7 cm³/mol. The van der Waals surface area contributed by atoms with Gasteiger partial charge >= 0.3 is 5.97 Å². The number of furan rings is 1. The minimum atomic E-state index is -1.10. The Bertz CT molecular complexity index is 290. The minimum Gasteiger partial charge on any atom is -0.489 e. The molecule has 0 amide bonds. The summed E-state index contributed by atoms with van der Waals surface area (Å²) >= 11 is 0. The summed E-state index contributed by atoms with van der Waals surface area (Å²) in [7, 11) is 0. The summed E-state index contributed by atoms with van der Waals surface area (Å²) in [5.41, 5.74) is 0. The number of carboxylic acids is 1. The molecule has 0 bridgehead atoms. The van der Waals surface area contributed by atoms with E-state index in [1.54, 1.807) is 0 Å². The van der Waals surface area contributed by atoms with Gasteiger partial charge in [-0.3, -0.25) is 0 Å². The molecule has 1 aromatic heterocycles. The summed E-state index contributed by atoms with van der Waals surface area (Å²) in [6, 6.07) is 1.52. The molecule has 0 aliphatic rings. The van der Waals surface area contributed by atoms with Crippen molar-refractivity contribution in [3.8, 4) is 5.75 Å². The maximum Gasteiger partial charge on any atom is 0.375 e. The predicted octanol–water partition coefficient (Wildman–Crippen LogP) is 2.55. The lowest BCUT2D eigenvalue weighted by Gasteiger charge is -2.02. The fraction of sp³-hybridized carbons (Fsp3) is 0.500. The van der Waals surface area contributed by atoms with Crippen LogP contribution in [0.1, 0.15) is 36.7 Å². The maximum absolute atomic E-state index is 10.6. The number of ether oxygens (including phenoxy) is 1. The van der Waals surface area contributed by atoms with Gasteiger partial charge in [0.25, 0.3) is 5.76 Å². The molecule has 0 atom stereocenters. The van der Waals surface area contributed by atoms with Gasteiger partial charge in [-0.1, -0.05) is 19.8 Å². The quantitative estimate of drug-likeness (QED) is 0.713. The van der Waals surface area contributed by atoms with Crippen LogP contribution in [0, 0.1) is 0 Å². The fourth-order valence-corrected chi connectivity index (χ4v) is 1.10. The van der Waals surface area contributed by atoms with Crippen LogP contribution in [-0.2, 0) is 0 Å². The van der Waals surface area contributed by atoms with Crippen molar-refractivity contribution in [3.63, 3.8) is 0 Å². The molecule has 1 aromatic rings. The van der Waals surface area contributed by atoms with Crippen molar-refractivity contribution in [3.05, 3.63) is 18.1 Å². The first-order valence-electron chi connectivity index (χ1n) is 4.69. The largest absolute Gasteiger partial charge is 0.489 e. The van der Waals surface area contributed by atoms with Gasteiger partial charge in [0.15, 0.2) is 5.75 Å². The zero-order valence-electron chi connectivity index (χ0n) is 8.16. The monoisotopic (exact) mass is 198 g/mol. The van der Waals surface area contributed by atoms with E-state index in [1.807, 2.05) is 0 Å². The first-order valence-corrected chi connectivity index (χ1v) is 4.69. The molecule has 0 fully saturated rings. The van der Waals surface area contributed by atoms with Crippen LogP contribution >= 0.6 is 0 Å². The number of unbranched alkanes of at least 4 members (excludes halogenated alkanes) is 2. The van der Waals surface area contributed by atoms with E-state index >= 15 is 0 Å². The van der Waals surface area contributed by atoms with Crippen LogP contribution in [0.25, 0.3) is 0 Å². The van der Waals surface area contributed by atoms with E-state index in [-0.39, 0.29) is 5.76 Å². The SMILES string of the molecule is CCCCCOc1ccoc1C(=O)O. The van der Waals surface area contributed by atoms with Gasteiger partial charge < -0.3 is 14.3 Å². The molecule has 0 aliphatic heterocycles. The molecule has 1 heterocycles. The third-order valence-electron chi connectivity index (χ3n) is 1.83. The summed E-state index contributed by atoms with van der Waals surface area (Å²) in [6.07, 6.45) is 4.44. The Morgan fingerprint density at radius 1 is 1.57 bits per heavy atom. The fourth-order valence-electron chi connectivity index (χ4n) is 1.10. The van der Waals surface area contributed by atoms with Crippen molar-refractivity contribution >= 4 is 5.97 Å². The van der Waals surface area contributed by atoms with Crippen LogP contribution < -0.4 is 4.74 Å². The molecule has 78 valence electrons. The smallest absolute Gasteiger partial charge is 0.375 e. The van der Waals surface area contributed by atoms with Gasteiger partial charge in [0, 0.05) is 6.07 Å². The van der Waals surface area contributed by atoms with Gasteiger partial charge in [-0.15, -0.1) is 0 Å². The molecule has 0 saturated carbocycles. The normalized spacial score (nSPS) is 10.1. The minimum absolute atomic E-state index is 0.124. The molecule has 0 aliphatic carbocycles. The molecule has 0 unspecified atom stereocenters. The topological polar surface area (TPSA) is 59.7 Å². The van der Waals surface area contributed by atoms with Gasteiger partial charge in [-0.25, -0.2) is 4.79 Å². The second kappa shape index (κ2) is 5.32. The van der Waals surface area contributed by atoms with E-state index in [2.05, 4.69) is 6.92 Å². The molecule has 1 N–H and O–H groups in total. The Kier molecular flexibility index (Phi) is 4.04. The molecule has 0 spiro atoms. The van der Waals surface area contributed by atoms with Crippen LogP contribution in [0.3, 0.4) is 0 Å². The lowest BCUT2D eigenvalue weighted by Crippen LogP contribution is -2.01. The lowest BCUT2D eigenvalue weighted by molar-refractivity contribution is 0.0656. The highest BCUT2D eigenvalue weighted by molar-refractivity contribution is 5.87. The number of carboxylic acid groups (broad SMARTS) is 1. The van der Waals surface area contributed by atoms with Gasteiger partial charge in [-0.2, -0.15) is 0 Å². The Morgan fingerprint density at radius 2 is 2.36 bits per heavy atom. The first kappa shape index (κ1) is 10.6. The highest BCUT2D eigenvalue weighted by atomic mass is 16.5. The second-order valence-corrected chi connectivity index (χ2v) is 2.97. The molecule has 1 rings (SSSR count). The van der Waals surface area contributed by atoms with Crippen molar-refractivity contribution in [2.24, 2.45) is 0 Å². The van der Waals surface area contributed by atoms with Crippen LogP contribution in [0.15, 0.2) is 16.7 Å². The van der Waals surface area contributed by atoms with Crippen LogP contribution in [0.5, 0.6) is 5.75 Å². The summed E-state index contributed by atoms with van der Waals surface area (Å²) in [5.74, 6) is -0.907. The van der Waals surface area contributed by atoms with E-state index in [0.29, 0.717) is 12.4 Å². The highest BCUT2D eigenvalue weighted by Crippen LogP contribution is 2.19. The number of hydrogen-bond donors (Lipinski definition) is 1. The van der Waals surface area contributed by atoms with Crippen molar-refractivity contribution < 1.29 is 19.1 Å². The molecular formula is C10H14O4. The first-order chi connectivity index (χ1) is 6.75. The molecule has 0 aromatic carbocycles. The molecule has 4 nitrogen and oxygen atoms in total. The van der Waals surface area contributed by atoms with Crippen molar-refractivity contribution in [1.29, 1.82) is 0 Å². The third-order valence-corrected chi connectivity index (χ3v) is 1.83. The summed E-state index contributed by atoms with van der Waals surface area (Å²) in [5, 5.41) is 8.68. The Hall–Kier alpha value is -1.45. The average Bonchev–Trinajstić information content (AvgIpc) is 2.60. The average molecular weight is 198 g/mol. The van der Waals surface area contributed by atoms with Crippen molar-refractivity contribution in [2.45, 2.75) is 26.2 Å². The van der Waals surface area contributed by atoms with Crippen molar-refractivity contribution in [1.82, 2.24) is 0 Å². The van der Waals surface area contributed by atoms with E-state index in [9.17, 15) is 4.79 Å². The van der Waals surface area contributed by atoms with E-state index in [0.717, 1.165) is 19.3 Å². The number of aromatic carboxylic acids is 1. The highest BCUT2D eigenvalue weighted by Gasteiger charge is 2.14. The Morgan fingerprint density at radius 3 is 3.00 bits per heavy atom. The van der Waals surface area contributed by atoms with E-state index in [1.165, 1.54) is 12.3 Å². The Labute approximate surface area is 82.5 Å². The maximum atomic E-state index is 10.6. The molecule has 0 radical (unpaired) electrons. The Balaban J connectivity index is 2.42. The summed E-state index contributed by atoms with van der Waals surface area (Å²) in [4.78, 5) is 10.6. The standard InChI is InChI=1S/C10H14O4/c1-2-3-4-6-13-8-5-7-14-9(8)10(11)12/h5,7H,2-4,6H2,1H3,(H,11,12). The lowest BCUT2D eigenvalue weighted by atomic mass is 10.3. The molecule has 0 saturated heterocycles. The zero-order chi connectivity index (χ0) is 10.4.